The monoisotopic (exact) mass is 426 g/mol. The van der Waals surface area contributed by atoms with Crippen molar-refractivity contribution in [1.82, 2.24) is 4.90 Å². The Labute approximate surface area is 165 Å². The van der Waals surface area contributed by atoms with Gasteiger partial charge in [-0.1, -0.05) is 52.3 Å². The second-order valence-electron chi connectivity index (χ2n) is 5.58. The lowest BCUT2D eigenvalue weighted by atomic mass is 10.1. The van der Waals surface area contributed by atoms with E-state index in [1.807, 2.05) is 42.5 Å². The molecule has 26 heavy (non-hydrogen) atoms. The van der Waals surface area contributed by atoms with E-state index in [-0.39, 0.29) is 17.2 Å². The molecule has 0 aromatic heterocycles. The fraction of sp³-hybridized carbons (Fsp3) is 0.0500. The number of para-hydroxylation sites is 1. The summed E-state index contributed by atoms with van der Waals surface area (Å²) in [6, 6.07) is 16.4. The van der Waals surface area contributed by atoms with Crippen LogP contribution in [-0.2, 0) is 9.59 Å². The average Bonchev–Trinajstić information content (AvgIpc) is 2.63. The zero-order chi connectivity index (χ0) is 18.7. The summed E-state index contributed by atoms with van der Waals surface area (Å²) in [6.07, 6.45) is 3.17. The van der Waals surface area contributed by atoms with E-state index in [1.165, 1.54) is 9.80 Å². The maximum absolute atomic E-state index is 13.1. The number of carbonyl (C=O) groups is 2. The van der Waals surface area contributed by atoms with Crippen molar-refractivity contribution >= 4 is 56.8 Å². The van der Waals surface area contributed by atoms with Gasteiger partial charge in [0.1, 0.15) is 5.57 Å². The predicted octanol–water partition coefficient (Wildman–Crippen LogP) is 4.18. The van der Waals surface area contributed by atoms with Gasteiger partial charge in [0.2, 0.25) is 0 Å². The molecule has 0 spiro atoms. The summed E-state index contributed by atoms with van der Waals surface area (Å²) in [4.78, 5) is 28.7. The van der Waals surface area contributed by atoms with Gasteiger partial charge in [-0.15, -0.1) is 6.58 Å². The van der Waals surface area contributed by atoms with E-state index in [4.69, 9.17) is 12.2 Å². The van der Waals surface area contributed by atoms with Gasteiger partial charge in [0.15, 0.2) is 5.11 Å². The number of nitrogens with zero attached hydrogens (tertiary/aromatic N) is 2. The predicted molar refractivity (Wildman–Crippen MR) is 111 cm³/mol. The molecule has 0 saturated carbocycles. The van der Waals surface area contributed by atoms with Gasteiger partial charge >= 0.3 is 0 Å². The third-order valence-electron chi connectivity index (χ3n) is 3.82. The van der Waals surface area contributed by atoms with Gasteiger partial charge in [-0.25, -0.2) is 0 Å². The Morgan fingerprint density at radius 1 is 1.04 bits per heavy atom. The SMILES string of the molecule is C=CCN1C(=O)/C(=C\c2cccc(Br)c2)C(=O)N(c2ccccc2)C1=S. The molecule has 1 saturated heterocycles. The maximum Gasteiger partial charge on any atom is 0.270 e. The highest BCUT2D eigenvalue weighted by Crippen LogP contribution is 2.26. The van der Waals surface area contributed by atoms with Gasteiger partial charge in [-0.2, -0.15) is 0 Å². The van der Waals surface area contributed by atoms with E-state index in [0.29, 0.717) is 5.69 Å². The van der Waals surface area contributed by atoms with Crippen LogP contribution in [0.2, 0.25) is 0 Å². The second kappa shape index (κ2) is 7.76. The topological polar surface area (TPSA) is 40.6 Å². The fourth-order valence-electron chi connectivity index (χ4n) is 2.63. The van der Waals surface area contributed by atoms with E-state index in [2.05, 4.69) is 22.5 Å². The molecule has 0 N–H and O–H groups in total. The molecular weight excluding hydrogens is 412 g/mol. The van der Waals surface area contributed by atoms with Crippen LogP contribution in [0.25, 0.3) is 6.08 Å². The lowest BCUT2D eigenvalue weighted by Gasteiger charge is -2.36. The highest BCUT2D eigenvalue weighted by molar-refractivity contribution is 9.10. The molecule has 130 valence electrons. The van der Waals surface area contributed by atoms with Gasteiger partial charge in [-0.05, 0) is 48.1 Å². The van der Waals surface area contributed by atoms with Crippen LogP contribution in [-0.4, -0.2) is 28.4 Å². The van der Waals surface area contributed by atoms with E-state index < -0.39 is 11.8 Å². The number of thiocarbonyl (C=S) groups is 1. The Kier molecular flexibility index (Phi) is 5.44. The molecular formula is C20H15BrN2O2S. The minimum atomic E-state index is -0.438. The Balaban J connectivity index is 2.11. The summed E-state index contributed by atoms with van der Waals surface area (Å²) >= 11 is 8.81. The van der Waals surface area contributed by atoms with Crippen molar-refractivity contribution in [3.05, 3.63) is 82.9 Å². The number of anilines is 1. The molecule has 1 fully saturated rings. The van der Waals surface area contributed by atoms with E-state index >= 15 is 0 Å². The third kappa shape index (κ3) is 3.52. The minimum absolute atomic E-state index is 0.0578. The van der Waals surface area contributed by atoms with Crippen LogP contribution in [0.5, 0.6) is 0 Å². The Morgan fingerprint density at radius 2 is 1.77 bits per heavy atom. The van der Waals surface area contributed by atoms with E-state index in [0.717, 1.165) is 10.0 Å². The molecule has 6 heteroatoms. The van der Waals surface area contributed by atoms with Crippen molar-refractivity contribution in [2.24, 2.45) is 0 Å². The summed E-state index contributed by atoms with van der Waals surface area (Å²) in [7, 11) is 0. The number of amides is 2. The Hall–Kier alpha value is -2.57. The molecule has 1 aliphatic rings. The highest BCUT2D eigenvalue weighted by Gasteiger charge is 2.39. The van der Waals surface area contributed by atoms with Gasteiger partial charge in [0.05, 0.1) is 5.69 Å². The first kappa shape index (κ1) is 18.2. The molecule has 2 amide bonds. The first-order valence-electron chi connectivity index (χ1n) is 7.86. The molecule has 0 aliphatic carbocycles. The van der Waals surface area contributed by atoms with Crippen LogP contribution >= 0.6 is 28.1 Å². The summed E-state index contributed by atoms with van der Waals surface area (Å²) in [5.74, 6) is -0.862. The number of rotatable bonds is 4. The van der Waals surface area contributed by atoms with Crippen LogP contribution in [0.4, 0.5) is 5.69 Å². The number of hydrogen-bond acceptors (Lipinski definition) is 3. The van der Waals surface area contributed by atoms with Crippen LogP contribution in [0.1, 0.15) is 5.56 Å². The number of hydrogen-bond donors (Lipinski definition) is 0. The lowest BCUT2D eigenvalue weighted by molar-refractivity contribution is -0.127. The van der Waals surface area contributed by atoms with Crippen molar-refractivity contribution in [3.8, 4) is 0 Å². The van der Waals surface area contributed by atoms with Crippen LogP contribution in [0.3, 0.4) is 0 Å². The standard InChI is InChI=1S/C20H15BrN2O2S/c1-2-11-22-18(24)17(13-14-7-6-8-15(21)12-14)19(25)23(20(22)26)16-9-4-3-5-10-16/h2-10,12-13H,1,11H2/b17-13+. The van der Waals surface area contributed by atoms with Crippen molar-refractivity contribution in [1.29, 1.82) is 0 Å². The summed E-state index contributed by atoms with van der Waals surface area (Å²) in [6.45, 7) is 3.90. The second-order valence-corrected chi connectivity index (χ2v) is 6.86. The summed E-state index contributed by atoms with van der Waals surface area (Å²) < 4.78 is 0.862. The molecule has 1 aliphatic heterocycles. The van der Waals surface area contributed by atoms with Gasteiger partial charge < -0.3 is 0 Å². The molecule has 0 unspecified atom stereocenters. The third-order valence-corrected chi connectivity index (χ3v) is 4.71. The normalized spacial score (nSPS) is 16.3. The lowest BCUT2D eigenvalue weighted by Crippen LogP contribution is -2.56. The minimum Gasteiger partial charge on any atom is -0.280 e. The summed E-state index contributed by atoms with van der Waals surface area (Å²) in [5, 5.41) is 0.150. The van der Waals surface area contributed by atoms with Crippen LogP contribution in [0.15, 0.2) is 77.3 Å². The fourth-order valence-corrected chi connectivity index (χ4v) is 3.40. The number of benzene rings is 2. The summed E-state index contributed by atoms with van der Waals surface area (Å²) in [5.41, 5.74) is 1.42. The first-order chi connectivity index (χ1) is 12.5. The van der Waals surface area contributed by atoms with Gasteiger partial charge in [0, 0.05) is 11.0 Å². The number of halogens is 1. The van der Waals surface area contributed by atoms with E-state index in [1.54, 1.807) is 24.3 Å². The molecule has 3 rings (SSSR count). The highest BCUT2D eigenvalue weighted by atomic mass is 79.9. The Bertz CT molecular complexity index is 924. The average molecular weight is 427 g/mol. The van der Waals surface area contributed by atoms with Gasteiger partial charge in [0.25, 0.3) is 11.8 Å². The number of carbonyl (C=O) groups excluding carboxylic acids is 2. The Morgan fingerprint density at radius 3 is 2.42 bits per heavy atom. The maximum atomic E-state index is 13.1. The van der Waals surface area contributed by atoms with Crippen LogP contribution in [0, 0.1) is 0 Å². The molecule has 2 aromatic carbocycles. The zero-order valence-electron chi connectivity index (χ0n) is 13.8. The first-order valence-corrected chi connectivity index (χ1v) is 9.06. The van der Waals surface area contributed by atoms with Crippen LogP contribution < -0.4 is 4.90 Å². The molecule has 4 nitrogen and oxygen atoms in total. The van der Waals surface area contributed by atoms with Crippen molar-refractivity contribution in [3.63, 3.8) is 0 Å². The smallest absolute Gasteiger partial charge is 0.270 e. The van der Waals surface area contributed by atoms with Crippen molar-refractivity contribution in [2.75, 3.05) is 11.4 Å². The molecule has 1 heterocycles. The zero-order valence-corrected chi connectivity index (χ0v) is 16.2. The quantitative estimate of drug-likeness (QED) is 0.318. The molecule has 0 radical (unpaired) electrons. The molecule has 0 atom stereocenters. The molecule has 2 aromatic rings. The van der Waals surface area contributed by atoms with Crippen molar-refractivity contribution < 1.29 is 9.59 Å². The van der Waals surface area contributed by atoms with Gasteiger partial charge in [-0.3, -0.25) is 19.4 Å². The largest absolute Gasteiger partial charge is 0.280 e. The van der Waals surface area contributed by atoms with E-state index in [9.17, 15) is 9.59 Å². The van der Waals surface area contributed by atoms with Crippen molar-refractivity contribution in [2.45, 2.75) is 0 Å². The molecule has 0 bridgehead atoms.